The van der Waals surface area contributed by atoms with E-state index in [0.29, 0.717) is 0 Å². The van der Waals surface area contributed by atoms with E-state index < -0.39 is 35.6 Å². The molecule has 7 heteroatoms. The molecule has 4 N–H and O–H groups in total. The largest absolute Gasteiger partial charge is 0.480 e. The lowest BCUT2D eigenvalue weighted by molar-refractivity contribution is -0.161. The zero-order chi connectivity index (χ0) is 22.5. The van der Waals surface area contributed by atoms with Crippen LogP contribution in [0.5, 0.6) is 0 Å². The van der Waals surface area contributed by atoms with Crippen LogP contribution in [0.4, 0.5) is 4.39 Å². The van der Waals surface area contributed by atoms with Gasteiger partial charge < -0.3 is 20.7 Å². The predicted molar refractivity (Wildman–Crippen MR) is 111 cm³/mol. The van der Waals surface area contributed by atoms with Gasteiger partial charge in [-0.05, 0) is 62.4 Å². The fourth-order valence-electron chi connectivity index (χ4n) is 3.07. The van der Waals surface area contributed by atoms with Gasteiger partial charge in [0.05, 0.1) is 12.5 Å². The highest BCUT2D eigenvalue weighted by atomic mass is 19.1. The molecule has 2 rings (SSSR count). The fourth-order valence-corrected chi connectivity index (χ4v) is 3.07. The van der Waals surface area contributed by atoms with Crippen molar-refractivity contribution in [3.63, 3.8) is 0 Å². The minimum absolute atomic E-state index is 0.185. The minimum Gasteiger partial charge on any atom is -0.480 e. The summed E-state index contributed by atoms with van der Waals surface area (Å²) in [5, 5.41) is 18.9. The van der Waals surface area contributed by atoms with Gasteiger partial charge in [0.2, 0.25) is 0 Å². The quantitative estimate of drug-likeness (QED) is 0.569. The molecule has 0 spiro atoms. The van der Waals surface area contributed by atoms with E-state index in [2.05, 4.69) is 0 Å². The zero-order valence-corrected chi connectivity index (χ0v) is 17.4. The third kappa shape index (κ3) is 6.37. The molecule has 2 aromatic rings. The van der Waals surface area contributed by atoms with Gasteiger partial charge in [0.1, 0.15) is 17.0 Å². The summed E-state index contributed by atoms with van der Waals surface area (Å²) < 4.78 is 18.9. The molecule has 2 atom stereocenters. The average molecular weight is 417 g/mol. The number of aliphatic carboxylic acids is 1. The molecule has 0 aliphatic rings. The van der Waals surface area contributed by atoms with Crippen molar-refractivity contribution in [2.24, 2.45) is 11.7 Å². The van der Waals surface area contributed by atoms with E-state index in [1.807, 2.05) is 0 Å². The molecule has 0 saturated carbocycles. The van der Waals surface area contributed by atoms with Crippen LogP contribution in [0.25, 0.3) is 11.1 Å². The fraction of sp³-hybridized carbons (Fsp3) is 0.391. The van der Waals surface area contributed by atoms with Crippen molar-refractivity contribution >= 4 is 11.9 Å². The molecule has 30 heavy (non-hydrogen) atoms. The average Bonchev–Trinajstić information content (AvgIpc) is 2.66. The number of halogens is 1. The molecule has 0 saturated heterocycles. The summed E-state index contributed by atoms with van der Waals surface area (Å²) in [5.41, 5.74) is 5.40. The third-order valence-electron chi connectivity index (χ3n) is 4.65. The highest BCUT2D eigenvalue weighted by Crippen LogP contribution is 2.26. The molecule has 6 nitrogen and oxygen atoms in total. The van der Waals surface area contributed by atoms with E-state index in [9.17, 15) is 24.2 Å². The summed E-state index contributed by atoms with van der Waals surface area (Å²) in [7, 11) is 0. The number of aliphatic hydroxyl groups is 1. The monoisotopic (exact) mass is 417 g/mol. The van der Waals surface area contributed by atoms with Gasteiger partial charge in [-0.3, -0.25) is 9.59 Å². The molecule has 0 amide bonds. The number of esters is 1. The number of carboxylic acid groups (broad SMARTS) is 1. The molecule has 0 radical (unpaired) electrons. The third-order valence-corrected chi connectivity index (χ3v) is 4.65. The smallest absolute Gasteiger partial charge is 0.326 e. The highest BCUT2D eigenvalue weighted by Gasteiger charge is 2.39. The molecule has 0 fully saturated rings. The van der Waals surface area contributed by atoms with Crippen molar-refractivity contribution in [1.82, 2.24) is 0 Å². The zero-order valence-electron chi connectivity index (χ0n) is 17.4. The maximum absolute atomic E-state index is 13.5. The molecular weight excluding hydrogens is 389 g/mol. The van der Waals surface area contributed by atoms with Crippen LogP contribution in [0.2, 0.25) is 0 Å². The molecule has 162 valence electrons. The Bertz CT molecular complexity index is 891. The van der Waals surface area contributed by atoms with E-state index in [0.717, 1.165) is 16.7 Å². The first-order valence-electron chi connectivity index (χ1n) is 9.64. The van der Waals surface area contributed by atoms with Gasteiger partial charge in [-0.2, -0.15) is 0 Å². The van der Waals surface area contributed by atoms with Crippen molar-refractivity contribution in [2.75, 3.05) is 6.61 Å². The molecule has 0 aliphatic carbocycles. The van der Waals surface area contributed by atoms with E-state index in [-0.39, 0.29) is 18.7 Å². The normalized spacial score (nSPS) is 14.6. The van der Waals surface area contributed by atoms with Gasteiger partial charge in [0.15, 0.2) is 0 Å². The van der Waals surface area contributed by atoms with Crippen LogP contribution in [0.3, 0.4) is 0 Å². The Kier molecular flexibility index (Phi) is 7.34. The van der Waals surface area contributed by atoms with E-state index >= 15 is 0 Å². The van der Waals surface area contributed by atoms with Crippen LogP contribution >= 0.6 is 0 Å². The Morgan fingerprint density at radius 2 is 1.73 bits per heavy atom. The van der Waals surface area contributed by atoms with Crippen LogP contribution < -0.4 is 5.73 Å². The summed E-state index contributed by atoms with van der Waals surface area (Å²) in [6, 6.07) is 13.4. The van der Waals surface area contributed by atoms with Gasteiger partial charge in [0, 0.05) is 0 Å². The first-order chi connectivity index (χ1) is 13.9. The lowest BCUT2D eigenvalue weighted by Crippen LogP contribution is -2.53. The molecular formula is C23H28FNO5. The maximum Gasteiger partial charge on any atom is 0.326 e. The first-order valence-corrected chi connectivity index (χ1v) is 9.64. The first kappa shape index (κ1) is 23.5. The summed E-state index contributed by atoms with van der Waals surface area (Å²) in [6.07, 6.45) is -0.0933. The van der Waals surface area contributed by atoms with Crippen molar-refractivity contribution in [3.8, 4) is 11.1 Å². The molecule has 2 aromatic carbocycles. The molecule has 0 heterocycles. The summed E-state index contributed by atoms with van der Waals surface area (Å²) in [6.45, 7) is 4.35. The highest BCUT2D eigenvalue weighted by molar-refractivity contribution is 5.81. The van der Waals surface area contributed by atoms with E-state index in [1.165, 1.54) is 12.1 Å². The Hall–Kier alpha value is -2.77. The second-order valence-electron chi connectivity index (χ2n) is 8.47. The van der Waals surface area contributed by atoms with Gasteiger partial charge in [-0.25, -0.2) is 4.39 Å². The summed E-state index contributed by atoms with van der Waals surface area (Å²) in [4.78, 5) is 24.2. The van der Waals surface area contributed by atoms with Crippen LogP contribution in [0, 0.1) is 11.7 Å². The Balaban J connectivity index is 2.26. The number of ether oxygens (including phenoxy) is 1. The topological polar surface area (TPSA) is 110 Å². The molecule has 0 aliphatic heterocycles. The van der Waals surface area contributed by atoms with Crippen LogP contribution in [-0.4, -0.2) is 39.9 Å². The SMILES string of the molecule is CC(C)(C)OC(=O)[C@@H](Cc1ccc(-c2cccc(F)c2)cc1)C[C@](N)(CO)C(=O)O. The van der Waals surface area contributed by atoms with E-state index in [4.69, 9.17) is 10.5 Å². The second kappa shape index (κ2) is 9.36. The van der Waals surface area contributed by atoms with Gasteiger partial charge in [-0.1, -0.05) is 36.4 Å². The summed E-state index contributed by atoms with van der Waals surface area (Å²) in [5.74, 6) is -3.17. The van der Waals surface area contributed by atoms with Crippen molar-refractivity contribution in [2.45, 2.75) is 44.8 Å². The number of benzene rings is 2. The Morgan fingerprint density at radius 1 is 1.10 bits per heavy atom. The lowest BCUT2D eigenvalue weighted by atomic mass is 9.84. The number of hydrogen-bond acceptors (Lipinski definition) is 5. The number of hydrogen-bond donors (Lipinski definition) is 3. The molecule has 0 bridgehead atoms. The number of carbonyl (C=O) groups excluding carboxylic acids is 1. The number of carbonyl (C=O) groups is 2. The van der Waals surface area contributed by atoms with Gasteiger partial charge >= 0.3 is 11.9 Å². The van der Waals surface area contributed by atoms with E-state index in [1.54, 1.807) is 57.2 Å². The number of rotatable bonds is 8. The van der Waals surface area contributed by atoms with Crippen molar-refractivity contribution in [1.29, 1.82) is 0 Å². The van der Waals surface area contributed by atoms with Crippen LogP contribution in [0.1, 0.15) is 32.8 Å². The number of carboxylic acids is 1. The predicted octanol–water partition coefficient (Wildman–Crippen LogP) is 3.16. The minimum atomic E-state index is -1.96. The van der Waals surface area contributed by atoms with Gasteiger partial charge in [-0.15, -0.1) is 0 Å². The van der Waals surface area contributed by atoms with Crippen molar-refractivity contribution in [3.05, 3.63) is 59.9 Å². The van der Waals surface area contributed by atoms with Crippen LogP contribution in [0.15, 0.2) is 48.5 Å². The molecule has 0 unspecified atom stereocenters. The lowest BCUT2D eigenvalue weighted by Gasteiger charge is -2.29. The van der Waals surface area contributed by atoms with Crippen molar-refractivity contribution < 1.29 is 28.9 Å². The Morgan fingerprint density at radius 3 is 2.23 bits per heavy atom. The van der Waals surface area contributed by atoms with Crippen LogP contribution in [-0.2, 0) is 20.7 Å². The number of aliphatic hydroxyl groups excluding tert-OH is 1. The maximum atomic E-state index is 13.5. The second-order valence-corrected chi connectivity index (χ2v) is 8.47. The summed E-state index contributed by atoms with van der Waals surface area (Å²) >= 11 is 0. The number of nitrogens with two attached hydrogens (primary N) is 1. The van der Waals surface area contributed by atoms with Gasteiger partial charge in [0.25, 0.3) is 0 Å². The molecule has 0 aromatic heterocycles. The standard InChI is InChI=1S/C23H28FNO5/c1-22(2,3)30-20(27)18(13-23(25,14-26)21(28)29)11-15-7-9-16(10-8-15)17-5-4-6-19(24)12-17/h4-10,12,18,26H,11,13-14,25H2,1-3H3,(H,28,29)/t18-,23-/m0/s1. The Labute approximate surface area is 175 Å².